The zero-order chi connectivity index (χ0) is 14.5. The normalized spacial score (nSPS) is 17.6. The van der Waals surface area contributed by atoms with Crippen LogP contribution in [0.4, 0.5) is 0 Å². The summed E-state index contributed by atoms with van der Waals surface area (Å²) in [6, 6.07) is 5.96. The second-order valence-electron chi connectivity index (χ2n) is 6.09. The lowest BCUT2D eigenvalue weighted by atomic mass is 10.0. The molecule has 0 amide bonds. The van der Waals surface area contributed by atoms with Gasteiger partial charge in [0.05, 0.1) is 13.2 Å². The number of hydrogen-bond acceptors (Lipinski definition) is 3. The largest absolute Gasteiger partial charge is 0.496 e. The Morgan fingerprint density at radius 2 is 2.05 bits per heavy atom. The third kappa shape index (κ3) is 3.97. The number of ether oxygens (including phenoxy) is 1. The topological polar surface area (TPSA) is 32.7 Å². The van der Waals surface area contributed by atoms with Crippen LogP contribution in [0.1, 0.15) is 49.8 Å². The molecule has 112 valence electrons. The first-order valence-corrected chi connectivity index (χ1v) is 7.63. The van der Waals surface area contributed by atoms with Gasteiger partial charge < -0.3 is 14.7 Å². The number of aliphatic hydroxyl groups is 1. The third-order valence-electron chi connectivity index (χ3n) is 4.27. The van der Waals surface area contributed by atoms with E-state index in [0.29, 0.717) is 0 Å². The molecule has 1 aliphatic carbocycles. The minimum absolute atomic E-state index is 0.431. The van der Waals surface area contributed by atoms with Gasteiger partial charge in [0, 0.05) is 18.7 Å². The van der Waals surface area contributed by atoms with E-state index in [1.54, 1.807) is 14.0 Å². The first kappa shape index (κ1) is 15.3. The van der Waals surface area contributed by atoms with Crippen molar-refractivity contribution in [3.8, 4) is 5.75 Å². The molecule has 1 aliphatic rings. The highest BCUT2D eigenvalue weighted by Gasteiger charge is 2.18. The molecule has 20 heavy (non-hydrogen) atoms. The lowest BCUT2D eigenvalue weighted by Crippen LogP contribution is -2.24. The van der Waals surface area contributed by atoms with Crippen molar-refractivity contribution in [2.24, 2.45) is 5.92 Å². The molecule has 0 spiro atoms. The summed E-state index contributed by atoms with van der Waals surface area (Å²) in [6.07, 6.45) is 5.09. The molecule has 1 aromatic carbocycles. The van der Waals surface area contributed by atoms with Gasteiger partial charge in [-0.1, -0.05) is 18.9 Å². The van der Waals surface area contributed by atoms with E-state index in [-0.39, 0.29) is 0 Å². The Balaban J connectivity index is 2.03. The lowest BCUT2D eigenvalue weighted by molar-refractivity contribution is 0.198. The Hall–Kier alpha value is -1.06. The molecule has 0 radical (unpaired) electrons. The molecule has 0 aromatic heterocycles. The fourth-order valence-electron chi connectivity index (χ4n) is 3.17. The SMILES string of the molecule is COc1ccc(C(C)O)cc1CN(C)CC1CCCC1. The van der Waals surface area contributed by atoms with Crippen molar-refractivity contribution >= 4 is 0 Å². The summed E-state index contributed by atoms with van der Waals surface area (Å²) >= 11 is 0. The number of aliphatic hydroxyl groups excluding tert-OH is 1. The van der Waals surface area contributed by atoms with Crippen LogP contribution in [0.5, 0.6) is 5.75 Å². The highest BCUT2D eigenvalue weighted by Crippen LogP contribution is 2.27. The van der Waals surface area contributed by atoms with E-state index in [1.165, 1.54) is 25.7 Å². The predicted molar refractivity (Wildman–Crippen MR) is 81.9 cm³/mol. The van der Waals surface area contributed by atoms with Crippen LogP contribution in [-0.4, -0.2) is 30.7 Å². The molecule has 3 heteroatoms. The average Bonchev–Trinajstić information content (AvgIpc) is 2.91. The maximum Gasteiger partial charge on any atom is 0.123 e. The van der Waals surface area contributed by atoms with E-state index in [1.807, 2.05) is 12.1 Å². The molecule has 3 nitrogen and oxygen atoms in total. The number of rotatable bonds is 6. The van der Waals surface area contributed by atoms with Crippen LogP contribution in [0.15, 0.2) is 18.2 Å². The molecule has 1 fully saturated rings. The van der Waals surface area contributed by atoms with Crippen molar-refractivity contribution in [2.45, 2.75) is 45.3 Å². The molecule has 1 saturated carbocycles. The van der Waals surface area contributed by atoms with Crippen molar-refractivity contribution in [1.82, 2.24) is 4.90 Å². The molecule has 0 saturated heterocycles. The van der Waals surface area contributed by atoms with Gasteiger partial charge >= 0.3 is 0 Å². The second-order valence-corrected chi connectivity index (χ2v) is 6.09. The third-order valence-corrected chi connectivity index (χ3v) is 4.27. The first-order valence-electron chi connectivity index (χ1n) is 7.63. The van der Waals surface area contributed by atoms with Crippen LogP contribution in [-0.2, 0) is 6.54 Å². The maximum absolute atomic E-state index is 9.72. The van der Waals surface area contributed by atoms with E-state index in [2.05, 4.69) is 18.0 Å². The average molecular weight is 277 g/mol. The maximum atomic E-state index is 9.72. The van der Waals surface area contributed by atoms with Crippen molar-refractivity contribution in [2.75, 3.05) is 20.7 Å². The Bertz CT molecular complexity index is 425. The molecule has 0 aliphatic heterocycles. The van der Waals surface area contributed by atoms with E-state index in [0.717, 1.165) is 35.9 Å². The van der Waals surface area contributed by atoms with Gasteiger partial charge in [0.15, 0.2) is 0 Å². The van der Waals surface area contributed by atoms with Crippen LogP contribution < -0.4 is 4.74 Å². The fourth-order valence-corrected chi connectivity index (χ4v) is 3.17. The fraction of sp³-hybridized carbons (Fsp3) is 0.647. The molecule has 2 rings (SSSR count). The van der Waals surface area contributed by atoms with E-state index in [9.17, 15) is 5.11 Å². The van der Waals surface area contributed by atoms with Gasteiger partial charge in [-0.3, -0.25) is 0 Å². The van der Waals surface area contributed by atoms with Gasteiger partial charge in [-0.05, 0) is 50.4 Å². The minimum atomic E-state index is -0.431. The molecule has 0 bridgehead atoms. The Morgan fingerprint density at radius 1 is 1.35 bits per heavy atom. The van der Waals surface area contributed by atoms with Crippen LogP contribution in [0, 0.1) is 5.92 Å². The Morgan fingerprint density at radius 3 is 2.65 bits per heavy atom. The summed E-state index contributed by atoms with van der Waals surface area (Å²) in [5, 5.41) is 9.72. The smallest absolute Gasteiger partial charge is 0.123 e. The number of benzene rings is 1. The van der Waals surface area contributed by atoms with Gasteiger partial charge in [0.1, 0.15) is 5.75 Å². The zero-order valence-corrected chi connectivity index (χ0v) is 12.9. The lowest BCUT2D eigenvalue weighted by Gasteiger charge is -2.22. The summed E-state index contributed by atoms with van der Waals surface area (Å²) in [5.41, 5.74) is 2.11. The summed E-state index contributed by atoms with van der Waals surface area (Å²) in [4.78, 5) is 2.37. The van der Waals surface area contributed by atoms with Crippen molar-refractivity contribution in [1.29, 1.82) is 0 Å². The molecule has 1 unspecified atom stereocenters. The van der Waals surface area contributed by atoms with Crippen molar-refractivity contribution in [3.63, 3.8) is 0 Å². The summed E-state index contributed by atoms with van der Waals surface area (Å²) < 4.78 is 5.44. The van der Waals surface area contributed by atoms with Gasteiger partial charge in [0.25, 0.3) is 0 Å². The van der Waals surface area contributed by atoms with Crippen molar-refractivity contribution < 1.29 is 9.84 Å². The standard InChI is InChI=1S/C17H27NO2/c1-13(19)15-8-9-17(20-3)16(10-15)12-18(2)11-14-6-4-5-7-14/h8-10,13-14,19H,4-7,11-12H2,1-3H3. The quantitative estimate of drug-likeness (QED) is 0.865. The first-order chi connectivity index (χ1) is 9.60. The van der Waals surface area contributed by atoms with Crippen LogP contribution in [0.3, 0.4) is 0 Å². The highest BCUT2D eigenvalue weighted by molar-refractivity contribution is 5.38. The Labute approximate surface area is 122 Å². The van der Waals surface area contributed by atoms with E-state index < -0.39 is 6.10 Å². The second kappa shape index (κ2) is 7.09. The molecule has 1 atom stereocenters. The predicted octanol–water partition coefficient (Wildman–Crippen LogP) is 3.37. The number of methoxy groups -OCH3 is 1. The molecular formula is C17H27NO2. The van der Waals surface area contributed by atoms with Crippen LogP contribution >= 0.6 is 0 Å². The molecular weight excluding hydrogens is 250 g/mol. The van der Waals surface area contributed by atoms with Gasteiger partial charge in [-0.25, -0.2) is 0 Å². The zero-order valence-electron chi connectivity index (χ0n) is 12.9. The highest BCUT2D eigenvalue weighted by atomic mass is 16.5. The van der Waals surface area contributed by atoms with Gasteiger partial charge in [0.2, 0.25) is 0 Å². The summed E-state index contributed by atoms with van der Waals surface area (Å²) in [5.74, 6) is 1.76. The van der Waals surface area contributed by atoms with Crippen LogP contribution in [0.25, 0.3) is 0 Å². The molecule has 1 N–H and O–H groups in total. The Kier molecular flexibility index (Phi) is 5.44. The molecule has 0 heterocycles. The van der Waals surface area contributed by atoms with Gasteiger partial charge in [-0.2, -0.15) is 0 Å². The monoisotopic (exact) mass is 277 g/mol. The van der Waals surface area contributed by atoms with E-state index in [4.69, 9.17) is 4.74 Å². The number of nitrogens with zero attached hydrogens (tertiary/aromatic N) is 1. The summed E-state index contributed by atoms with van der Waals surface area (Å²) in [7, 11) is 3.88. The number of hydrogen-bond donors (Lipinski definition) is 1. The van der Waals surface area contributed by atoms with Crippen LogP contribution in [0.2, 0.25) is 0 Å². The minimum Gasteiger partial charge on any atom is -0.496 e. The van der Waals surface area contributed by atoms with Crippen molar-refractivity contribution in [3.05, 3.63) is 29.3 Å². The summed E-state index contributed by atoms with van der Waals surface area (Å²) in [6.45, 7) is 3.83. The van der Waals surface area contributed by atoms with E-state index >= 15 is 0 Å². The molecule has 1 aromatic rings. The van der Waals surface area contributed by atoms with Gasteiger partial charge in [-0.15, -0.1) is 0 Å².